The second-order valence-corrected chi connectivity index (χ2v) is 3.52. The molecule has 0 N–H and O–H groups in total. The van der Waals surface area contributed by atoms with Crippen LogP contribution >= 0.6 is 0 Å². The highest BCUT2D eigenvalue weighted by Crippen LogP contribution is 2.18. The Morgan fingerprint density at radius 3 is 2.43 bits per heavy atom. The minimum absolute atomic E-state index is 0.0688. The summed E-state index contributed by atoms with van der Waals surface area (Å²) < 4.78 is 18.2. The Balaban J connectivity index is 3.07. The fourth-order valence-corrected chi connectivity index (χ4v) is 1.06. The van der Waals surface area contributed by atoms with Gasteiger partial charge in [-0.1, -0.05) is 12.1 Å². The van der Waals surface area contributed by atoms with Crippen LogP contribution in [0.15, 0.2) is 24.3 Å². The van der Waals surface area contributed by atoms with Crippen molar-refractivity contribution in [3.8, 4) is 0 Å². The van der Waals surface area contributed by atoms with Gasteiger partial charge >= 0.3 is 0 Å². The van der Waals surface area contributed by atoms with Crippen molar-refractivity contribution < 1.29 is 13.9 Å². The van der Waals surface area contributed by atoms with Gasteiger partial charge in [0.05, 0.1) is 5.56 Å². The lowest BCUT2D eigenvalue weighted by Gasteiger charge is -2.21. The van der Waals surface area contributed by atoms with E-state index in [4.69, 9.17) is 4.74 Å². The van der Waals surface area contributed by atoms with E-state index in [-0.39, 0.29) is 11.3 Å². The zero-order valence-corrected chi connectivity index (χ0v) is 8.50. The molecule has 2 nitrogen and oxygen atoms in total. The number of Topliss-reactive ketones (excluding diaryl/α,β-unsaturated/α-hetero) is 1. The molecule has 0 aliphatic heterocycles. The van der Waals surface area contributed by atoms with E-state index in [1.165, 1.54) is 19.2 Å². The smallest absolute Gasteiger partial charge is 0.196 e. The number of halogens is 1. The van der Waals surface area contributed by atoms with Crippen LogP contribution in [0.25, 0.3) is 0 Å². The van der Waals surface area contributed by atoms with Crippen LogP contribution in [0, 0.1) is 5.82 Å². The van der Waals surface area contributed by atoms with Gasteiger partial charge < -0.3 is 4.74 Å². The summed E-state index contributed by atoms with van der Waals surface area (Å²) >= 11 is 0. The van der Waals surface area contributed by atoms with E-state index in [0.29, 0.717) is 0 Å². The van der Waals surface area contributed by atoms with Crippen LogP contribution < -0.4 is 0 Å². The van der Waals surface area contributed by atoms with Crippen molar-refractivity contribution >= 4 is 5.78 Å². The number of ether oxygens (including phenoxy) is 1. The number of hydrogen-bond acceptors (Lipinski definition) is 2. The van der Waals surface area contributed by atoms with Crippen LogP contribution in [-0.2, 0) is 4.74 Å². The van der Waals surface area contributed by atoms with Crippen molar-refractivity contribution in [1.82, 2.24) is 0 Å². The van der Waals surface area contributed by atoms with Gasteiger partial charge in [-0.25, -0.2) is 4.39 Å². The van der Waals surface area contributed by atoms with Crippen LogP contribution in [0.4, 0.5) is 4.39 Å². The lowest BCUT2D eigenvalue weighted by atomic mass is 9.96. The molecule has 0 heterocycles. The maximum Gasteiger partial charge on any atom is 0.196 e. The van der Waals surface area contributed by atoms with Crippen LogP contribution in [0.5, 0.6) is 0 Å². The summed E-state index contributed by atoms with van der Waals surface area (Å²) in [4.78, 5) is 11.8. The molecule has 0 saturated heterocycles. The van der Waals surface area contributed by atoms with Gasteiger partial charge in [0.25, 0.3) is 0 Å². The molecule has 0 aliphatic rings. The molecular formula is C11H13FO2. The Labute approximate surface area is 82.7 Å². The average molecular weight is 196 g/mol. The van der Waals surface area contributed by atoms with Crippen molar-refractivity contribution in [2.24, 2.45) is 0 Å². The summed E-state index contributed by atoms with van der Waals surface area (Å²) in [5.41, 5.74) is -0.915. The van der Waals surface area contributed by atoms with Gasteiger partial charge in [-0.05, 0) is 26.0 Å². The molecule has 3 heteroatoms. The standard InChI is InChI=1S/C11H13FO2/c1-11(2,14-3)10(13)8-6-4-5-7-9(8)12/h4-7H,1-3H3. The highest BCUT2D eigenvalue weighted by Gasteiger charge is 2.29. The molecular weight excluding hydrogens is 183 g/mol. The highest BCUT2D eigenvalue weighted by atomic mass is 19.1. The second kappa shape index (κ2) is 3.88. The molecule has 0 saturated carbocycles. The summed E-state index contributed by atoms with van der Waals surface area (Å²) in [5, 5.41) is 0. The first-order valence-electron chi connectivity index (χ1n) is 4.33. The van der Waals surface area contributed by atoms with Crippen molar-refractivity contribution in [3.63, 3.8) is 0 Å². The van der Waals surface area contributed by atoms with Crippen molar-refractivity contribution in [3.05, 3.63) is 35.6 Å². The third kappa shape index (κ3) is 1.99. The molecule has 76 valence electrons. The van der Waals surface area contributed by atoms with Gasteiger partial charge in [-0.2, -0.15) is 0 Å². The summed E-state index contributed by atoms with van der Waals surface area (Å²) in [5.74, 6) is -0.860. The molecule has 0 fully saturated rings. The first-order valence-corrected chi connectivity index (χ1v) is 4.33. The maximum absolute atomic E-state index is 13.2. The zero-order valence-electron chi connectivity index (χ0n) is 8.50. The minimum Gasteiger partial charge on any atom is -0.371 e. The molecule has 0 amide bonds. The summed E-state index contributed by atoms with van der Waals surface area (Å²) in [7, 11) is 1.43. The summed E-state index contributed by atoms with van der Waals surface area (Å²) in [6, 6.07) is 5.89. The Morgan fingerprint density at radius 1 is 1.36 bits per heavy atom. The Kier molecular flexibility index (Phi) is 3.01. The van der Waals surface area contributed by atoms with Gasteiger partial charge in [-0.3, -0.25) is 4.79 Å². The van der Waals surface area contributed by atoms with Gasteiger partial charge in [0.1, 0.15) is 11.4 Å². The van der Waals surface area contributed by atoms with E-state index >= 15 is 0 Å². The number of hydrogen-bond donors (Lipinski definition) is 0. The van der Waals surface area contributed by atoms with Gasteiger partial charge in [0, 0.05) is 7.11 Å². The summed E-state index contributed by atoms with van der Waals surface area (Å²) in [6.07, 6.45) is 0. The Hall–Kier alpha value is -1.22. The Bertz CT molecular complexity index is 345. The molecule has 0 aromatic heterocycles. The van der Waals surface area contributed by atoms with E-state index in [1.807, 2.05) is 0 Å². The van der Waals surface area contributed by atoms with Crippen LogP contribution in [0.2, 0.25) is 0 Å². The lowest BCUT2D eigenvalue weighted by Crippen LogP contribution is -2.34. The average Bonchev–Trinajstić information content (AvgIpc) is 2.17. The molecule has 1 aromatic rings. The van der Waals surface area contributed by atoms with Crippen molar-refractivity contribution in [2.45, 2.75) is 19.4 Å². The second-order valence-electron chi connectivity index (χ2n) is 3.52. The SMILES string of the molecule is COC(C)(C)C(=O)c1ccccc1F. The molecule has 1 rings (SSSR count). The number of carbonyl (C=O) groups excluding carboxylic acids is 1. The van der Waals surface area contributed by atoms with Crippen molar-refractivity contribution in [2.75, 3.05) is 7.11 Å². The molecule has 0 spiro atoms. The number of carbonyl (C=O) groups is 1. The number of rotatable bonds is 3. The first kappa shape index (κ1) is 10.9. The van der Waals surface area contributed by atoms with Crippen molar-refractivity contribution in [1.29, 1.82) is 0 Å². The molecule has 0 atom stereocenters. The predicted molar refractivity (Wildman–Crippen MR) is 51.8 cm³/mol. The third-order valence-corrected chi connectivity index (χ3v) is 2.18. The highest BCUT2D eigenvalue weighted by molar-refractivity contribution is 6.02. The number of methoxy groups -OCH3 is 1. The first-order chi connectivity index (χ1) is 6.49. The van der Waals surface area contributed by atoms with E-state index in [9.17, 15) is 9.18 Å². The maximum atomic E-state index is 13.2. The van der Waals surface area contributed by atoms with E-state index in [2.05, 4.69) is 0 Å². The quantitative estimate of drug-likeness (QED) is 0.694. The summed E-state index contributed by atoms with van der Waals surface area (Å²) in [6.45, 7) is 3.23. The Morgan fingerprint density at radius 2 is 1.93 bits per heavy atom. The molecule has 1 aromatic carbocycles. The lowest BCUT2D eigenvalue weighted by molar-refractivity contribution is 0.0224. The van der Waals surface area contributed by atoms with Crippen LogP contribution in [0.1, 0.15) is 24.2 Å². The molecule has 0 unspecified atom stereocenters. The minimum atomic E-state index is -0.984. The van der Waals surface area contributed by atoms with Gasteiger partial charge in [0.2, 0.25) is 0 Å². The van der Waals surface area contributed by atoms with Crippen LogP contribution in [-0.4, -0.2) is 18.5 Å². The van der Waals surface area contributed by atoms with E-state index in [0.717, 1.165) is 0 Å². The van der Waals surface area contributed by atoms with Gasteiger partial charge in [0.15, 0.2) is 5.78 Å². The van der Waals surface area contributed by atoms with E-state index < -0.39 is 11.4 Å². The normalized spacial score (nSPS) is 11.4. The number of ketones is 1. The molecule has 14 heavy (non-hydrogen) atoms. The molecule has 0 radical (unpaired) electrons. The predicted octanol–water partition coefficient (Wildman–Crippen LogP) is 2.43. The number of benzene rings is 1. The van der Waals surface area contributed by atoms with Gasteiger partial charge in [-0.15, -0.1) is 0 Å². The van der Waals surface area contributed by atoms with Crippen LogP contribution in [0.3, 0.4) is 0 Å². The van der Waals surface area contributed by atoms with E-state index in [1.54, 1.807) is 26.0 Å². The molecule has 0 bridgehead atoms. The fraction of sp³-hybridized carbons (Fsp3) is 0.364. The molecule has 0 aliphatic carbocycles. The topological polar surface area (TPSA) is 26.3 Å². The zero-order chi connectivity index (χ0) is 10.8. The fourth-order valence-electron chi connectivity index (χ4n) is 1.06. The monoisotopic (exact) mass is 196 g/mol. The third-order valence-electron chi connectivity index (χ3n) is 2.18. The largest absolute Gasteiger partial charge is 0.371 e.